The summed E-state index contributed by atoms with van der Waals surface area (Å²) in [6, 6.07) is 4.90. The van der Waals surface area contributed by atoms with Crippen LogP contribution in [0.4, 0.5) is 13.2 Å². The first-order valence-electron chi connectivity index (χ1n) is 5.88. The molecule has 1 aromatic rings. The molecule has 9 heteroatoms. The van der Waals surface area contributed by atoms with Gasteiger partial charge in [0.25, 0.3) is 0 Å². The number of rotatable bonds is 7. The Morgan fingerprint density at radius 1 is 1.33 bits per heavy atom. The minimum atomic E-state index is -4.33. The summed E-state index contributed by atoms with van der Waals surface area (Å²) in [6.45, 7) is -1.21. The third kappa shape index (κ3) is 6.67. The maximum absolute atomic E-state index is 11.8. The smallest absolute Gasteiger partial charge is 0.411 e. The maximum Gasteiger partial charge on any atom is 0.411 e. The number of benzene rings is 1. The second-order valence-electron chi connectivity index (χ2n) is 4.00. The zero-order valence-corrected chi connectivity index (χ0v) is 12.4. The van der Waals surface area contributed by atoms with Gasteiger partial charge in [0, 0.05) is 10.9 Å². The number of alkyl halides is 3. The molecule has 1 aromatic carbocycles. The van der Waals surface area contributed by atoms with Crippen molar-refractivity contribution in [2.75, 3.05) is 19.8 Å². The highest BCUT2D eigenvalue weighted by atomic mass is 79.9. The number of halogens is 4. The lowest BCUT2D eigenvalue weighted by Gasteiger charge is -2.11. The number of nitrogens with two attached hydrogens (primary N) is 1. The predicted molar refractivity (Wildman–Crippen MR) is 73.6 cm³/mol. The molecule has 0 radical (unpaired) electrons. The molecule has 21 heavy (non-hydrogen) atoms. The predicted octanol–water partition coefficient (Wildman–Crippen LogP) is 2.89. The number of hydrogen-bond donors (Lipinski definition) is 2. The van der Waals surface area contributed by atoms with Gasteiger partial charge < -0.3 is 20.4 Å². The summed E-state index contributed by atoms with van der Waals surface area (Å²) in [5.74, 6) is 0.240. The fourth-order valence-corrected chi connectivity index (χ4v) is 1.77. The van der Waals surface area contributed by atoms with E-state index in [4.69, 9.17) is 15.7 Å². The van der Waals surface area contributed by atoms with Crippen molar-refractivity contribution in [1.82, 2.24) is 0 Å². The highest BCUT2D eigenvalue weighted by Crippen LogP contribution is 2.23. The minimum Gasteiger partial charge on any atom is -0.493 e. The quantitative estimate of drug-likeness (QED) is 0.254. The van der Waals surface area contributed by atoms with Gasteiger partial charge in [-0.15, -0.1) is 0 Å². The van der Waals surface area contributed by atoms with Crippen molar-refractivity contribution in [1.29, 1.82) is 0 Å². The van der Waals surface area contributed by atoms with E-state index < -0.39 is 12.8 Å². The summed E-state index contributed by atoms with van der Waals surface area (Å²) in [5.41, 5.74) is 5.89. The van der Waals surface area contributed by atoms with Gasteiger partial charge in [0.05, 0.1) is 18.8 Å². The summed E-state index contributed by atoms with van der Waals surface area (Å²) in [7, 11) is 0. The standard InChI is InChI=1S/C12H14BrF3N2O3/c13-8-2-3-10(9(6-8)11(17)18-19)21-5-1-4-20-7-12(14,15)16/h2-3,6,19H,1,4-5,7H2,(H2,17,18). The van der Waals surface area contributed by atoms with Crippen LogP contribution >= 0.6 is 15.9 Å². The van der Waals surface area contributed by atoms with E-state index in [1.54, 1.807) is 18.2 Å². The van der Waals surface area contributed by atoms with Gasteiger partial charge >= 0.3 is 6.18 Å². The van der Waals surface area contributed by atoms with Crippen LogP contribution in [0.15, 0.2) is 27.8 Å². The Hall–Kier alpha value is -1.48. The lowest BCUT2D eigenvalue weighted by Crippen LogP contribution is -2.18. The van der Waals surface area contributed by atoms with Crippen molar-refractivity contribution in [2.45, 2.75) is 12.6 Å². The minimum absolute atomic E-state index is 0.0745. The van der Waals surface area contributed by atoms with Crippen molar-refractivity contribution in [3.8, 4) is 5.75 Å². The van der Waals surface area contributed by atoms with Crippen LogP contribution in [0, 0.1) is 0 Å². The molecule has 3 N–H and O–H groups in total. The largest absolute Gasteiger partial charge is 0.493 e. The van der Waals surface area contributed by atoms with Gasteiger partial charge in [0.1, 0.15) is 12.4 Å². The van der Waals surface area contributed by atoms with Crippen LogP contribution in [-0.4, -0.2) is 37.0 Å². The van der Waals surface area contributed by atoms with Gasteiger partial charge in [-0.05, 0) is 18.2 Å². The molecule has 0 aliphatic carbocycles. The van der Waals surface area contributed by atoms with Crippen molar-refractivity contribution in [3.63, 3.8) is 0 Å². The normalized spacial score (nSPS) is 12.5. The molecule has 0 bridgehead atoms. The van der Waals surface area contributed by atoms with Gasteiger partial charge in [0.2, 0.25) is 0 Å². The zero-order valence-electron chi connectivity index (χ0n) is 10.9. The molecule has 0 saturated heterocycles. The molecule has 0 aliphatic heterocycles. The monoisotopic (exact) mass is 370 g/mol. The Balaban J connectivity index is 2.45. The van der Waals surface area contributed by atoms with Crippen molar-refractivity contribution < 1.29 is 27.9 Å². The van der Waals surface area contributed by atoms with E-state index >= 15 is 0 Å². The average molecular weight is 371 g/mol. The highest BCUT2D eigenvalue weighted by molar-refractivity contribution is 9.10. The first kappa shape index (κ1) is 17.6. The number of nitrogens with zero attached hydrogens (tertiary/aromatic N) is 1. The molecule has 0 amide bonds. The van der Waals surface area contributed by atoms with Crippen molar-refractivity contribution in [3.05, 3.63) is 28.2 Å². The van der Waals surface area contributed by atoms with Gasteiger partial charge in [-0.2, -0.15) is 13.2 Å². The maximum atomic E-state index is 11.8. The highest BCUT2D eigenvalue weighted by Gasteiger charge is 2.27. The Bertz CT molecular complexity index is 495. The van der Waals surface area contributed by atoms with Crippen LogP contribution in [-0.2, 0) is 4.74 Å². The number of ether oxygens (including phenoxy) is 2. The molecule has 0 fully saturated rings. The van der Waals surface area contributed by atoms with Gasteiger partial charge in [-0.1, -0.05) is 21.1 Å². The number of hydrogen-bond acceptors (Lipinski definition) is 4. The van der Waals surface area contributed by atoms with Crippen LogP contribution < -0.4 is 10.5 Å². The summed E-state index contributed by atoms with van der Waals surface area (Å²) in [5, 5.41) is 11.6. The van der Waals surface area contributed by atoms with Crippen LogP contribution in [0.1, 0.15) is 12.0 Å². The molecular formula is C12H14BrF3N2O3. The molecule has 1 rings (SSSR count). The van der Waals surface area contributed by atoms with Crippen molar-refractivity contribution >= 4 is 21.8 Å². The molecule has 0 unspecified atom stereocenters. The molecular weight excluding hydrogens is 357 g/mol. The van der Waals surface area contributed by atoms with E-state index in [0.717, 1.165) is 0 Å². The van der Waals surface area contributed by atoms with Crippen LogP contribution in [0.2, 0.25) is 0 Å². The van der Waals surface area contributed by atoms with Crippen LogP contribution in [0.25, 0.3) is 0 Å². The molecule has 0 aliphatic rings. The number of oxime groups is 1. The topological polar surface area (TPSA) is 77.1 Å². The lowest BCUT2D eigenvalue weighted by molar-refractivity contribution is -0.174. The third-order valence-electron chi connectivity index (χ3n) is 2.28. The SMILES string of the molecule is N/C(=N/O)c1cc(Br)ccc1OCCCOCC(F)(F)F. The molecule has 5 nitrogen and oxygen atoms in total. The first-order chi connectivity index (χ1) is 9.83. The van der Waals surface area contributed by atoms with Crippen LogP contribution in [0.3, 0.4) is 0 Å². The second-order valence-corrected chi connectivity index (χ2v) is 4.91. The number of amidine groups is 1. The fraction of sp³-hybridized carbons (Fsp3) is 0.417. The molecule has 118 valence electrons. The van der Waals surface area contributed by atoms with Crippen molar-refractivity contribution in [2.24, 2.45) is 10.9 Å². The first-order valence-corrected chi connectivity index (χ1v) is 6.67. The summed E-state index contributed by atoms with van der Waals surface area (Å²) in [4.78, 5) is 0. The molecule has 0 spiro atoms. The third-order valence-corrected chi connectivity index (χ3v) is 2.77. The van der Waals surface area contributed by atoms with Crippen LogP contribution in [0.5, 0.6) is 5.75 Å². The zero-order chi connectivity index (χ0) is 15.9. The fourth-order valence-electron chi connectivity index (χ4n) is 1.41. The molecule has 0 heterocycles. The molecule has 0 atom stereocenters. The Kier molecular flexibility index (Phi) is 6.76. The van der Waals surface area contributed by atoms with E-state index in [0.29, 0.717) is 15.8 Å². The van der Waals surface area contributed by atoms with Gasteiger partial charge in [0.15, 0.2) is 5.84 Å². The molecule has 0 aromatic heterocycles. The summed E-state index contributed by atoms with van der Waals surface area (Å²) >= 11 is 3.24. The second kappa shape index (κ2) is 8.08. The summed E-state index contributed by atoms with van der Waals surface area (Å²) in [6.07, 6.45) is -4.05. The Morgan fingerprint density at radius 2 is 2.05 bits per heavy atom. The van der Waals surface area contributed by atoms with E-state index in [1.165, 1.54) is 0 Å². The van der Waals surface area contributed by atoms with E-state index in [2.05, 4.69) is 25.8 Å². The van der Waals surface area contributed by atoms with E-state index in [1.807, 2.05) is 0 Å². The Labute approximate surface area is 127 Å². The van der Waals surface area contributed by atoms with E-state index in [-0.39, 0.29) is 25.5 Å². The average Bonchev–Trinajstić information content (AvgIpc) is 2.41. The lowest BCUT2D eigenvalue weighted by atomic mass is 10.2. The van der Waals surface area contributed by atoms with E-state index in [9.17, 15) is 13.2 Å². The Morgan fingerprint density at radius 3 is 2.67 bits per heavy atom. The van der Waals surface area contributed by atoms with Gasteiger partial charge in [-0.3, -0.25) is 0 Å². The summed E-state index contributed by atoms with van der Waals surface area (Å²) < 4.78 is 46.1. The molecule has 0 saturated carbocycles. The van der Waals surface area contributed by atoms with Gasteiger partial charge in [-0.25, -0.2) is 0 Å².